The lowest BCUT2D eigenvalue weighted by molar-refractivity contribution is 0.0883. The van der Waals surface area contributed by atoms with Crippen molar-refractivity contribution in [3.63, 3.8) is 0 Å². The smallest absolute Gasteiger partial charge is 0.414 e. The summed E-state index contributed by atoms with van der Waals surface area (Å²) in [7, 11) is 0. The Morgan fingerprint density at radius 2 is 2.23 bits per heavy atom. The lowest BCUT2D eigenvalue weighted by Gasteiger charge is -2.30. The number of β-amino-alcohol motifs (C(OH)–C–C–N with tert-alkyl or cyclic N) is 1. The van der Waals surface area contributed by atoms with E-state index in [4.69, 9.17) is 4.74 Å². The second-order valence-corrected chi connectivity index (χ2v) is 5.49. The van der Waals surface area contributed by atoms with Gasteiger partial charge in [-0.2, -0.15) is 0 Å². The average Bonchev–Trinajstić information content (AvgIpc) is 2.94. The van der Waals surface area contributed by atoms with Gasteiger partial charge >= 0.3 is 12.1 Å². The van der Waals surface area contributed by atoms with Crippen LogP contribution in [0.3, 0.4) is 0 Å². The van der Waals surface area contributed by atoms with E-state index >= 15 is 0 Å². The molecule has 0 radical (unpaired) electrons. The van der Waals surface area contributed by atoms with E-state index in [1.54, 1.807) is 29.2 Å². The number of hydrogen-bond donors (Lipinski definition) is 2. The van der Waals surface area contributed by atoms with Crippen LogP contribution in [0.25, 0.3) is 0 Å². The highest BCUT2D eigenvalue weighted by molar-refractivity contribution is 5.93. The van der Waals surface area contributed by atoms with Crippen LogP contribution in [0.2, 0.25) is 0 Å². The standard InChI is InChI=1S/C15H19N3O4/c19-13-5-2-6-17(10-13)14(20)16-11-3-1-4-12(9-11)18-7-8-22-15(18)21/h1,3-4,9,13,19H,2,5-8,10H2,(H,16,20)/t13-/m0/s1. The van der Waals surface area contributed by atoms with E-state index in [0.717, 1.165) is 12.8 Å². The third-order valence-corrected chi connectivity index (χ3v) is 3.85. The second-order valence-electron chi connectivity index (χ2n) is 5.49. The molecule has 22 heavy (non-hydrogen) atoms. The van der Waals surface area contributed by atoms with Gasteiger partial charge in [-0.05, 0) is 31.0 Å². The Hall–Kier alpha value is -2.28. The van der Waals surface area contributed by atoms with Crippen LogP contribution in [0.15, 0.2) is 24.3 Å². The van der Waals surface area contributed by atoms with Gasteiger partial charge in [0.1, 0.15) is 6.61 Å². The van der Waals surface area contributed by atoms with Crippen LogP contribution in [-0.4, -0.2) is 54.5 Å². The van der Waals surface area contributed by atoms with E-state index in [9.17, 15) is 14.7 Å². The van der Waals surface area contributed by atoms with E-state index < -0.39 is 6.10 Å². The van der Waals surface area contributed by atoms with Gasteiger partial charge < -0.3 is 20.1 Å². The Bertz CT molecular complexity index is 578. The molecule has 0 unspecified atom stereocenters. The SMILES string of the molecule is O=C(Nc1cccc(N2CCOC2=O)c1)N1CCC[C@H](O)C1. The Morgan fingerprint density at radius 1 is 1.36 bits per heavy atom. The lowest BCUT2D eigenvalue weighted by atomic mass is 10.1. The number of ether oxygens (including phenoxy) is 1. The monoisotopic (exact) mass is 305 g/mol. The summed E-state index contributed by atoms with van der Waals surface area (Å²) in [5, 5.41) is 12.4. The number of aliphatic hydroxyl groups is 1. The van der Waals surface area contributed by atoms with Crippen LogP contribution in [-0.2, 0) is 4.74 Å². The van der Waals surface area contributed by atoms with Crippen molar-refractivity contribution >= 4 is 23.5 Å². The zero-order valence-corrected chi connectivity index (χ0v) is 12.2. The van der Waals surface area contributed by atoms with Crippen molar-refractivity contribution in [1.29, 1.82) is 0 Å². The first-order valence-electron chi connectivity index (χ1n) is 7.42. The Kier molecular flexibility index (Phi) is 4.15. The molecule has 1 aromatic rings. The normalized spacial score (nSPS) is 21.7. The first kappa shape index (κ1) is 14.6. The van der Waals surface area contributed by atoms with Gasteiger partial charge in [0.25, 0.3) is 0 Å². The summed E-state index contributed by atoms with van der Waals surface area (Å²) < 4.78 is 4.91. The number of amides is 3. The fraction of sp³-hybridized carbons (Fsp3) is 0.467. The number of nitrogens with one attached hydrogen (secondary N) is 1. The maximum Gasteiger partial charge on any atom is 0.414 e. The van der Waals surface area contributed by atoms with Gasteiger partial charge in [-0.15, -0.1) is 0 Å². The van der Waals surface area contributed by atoms with E-state index in [1.165, 1.54) is 4.90 Å². The largest absolute Gasteiger partial charge is 0.447 e. The van der Waals surface area contributed by atoms with Crippen molar-refractivity contribution in [3.8, 4) is 0 Å². The van der Waals surface area contributed by atoms with Gasteiger partial charge in [0.05, 0.1) is 12.6 Å². The molecule has 2 fully saturated rings. The fourth-order valence-corrected chi connectivity index (χ4v) is 2.72. The number of nitrogens with zero attached hydrogens (tertiary/aromatic N) is 2. The minimum absolute atomic E-state index is 0.236. The number of carbonyl (C=O) groups excluding carboxylic acids is 2. The van der Waals surface area contributed by atoms with Gasteiger partial charge in [-0.1, -0.05) is 6.07 Å². The van der Waals surface area contributed by atoms with Gasteiger partial charge in [-0.25, -0.2) is 9.59 Å². The molecule has 7 nitrogen and oxygen atoms in total. The Labute approximate surface area is 128 Å². The summed E-state index contributed by atoms with van der Waals surface area (Å²) in [5.74, 6) is 0. The summed E-state index contributed by atoms with van der Waals surface area (Å²) in [6, 6.07) is 6.85. The molecule has 3 rings (SSSR count). The predicted octanol–water partition coefficient (Wildman–Crippen LogP) is 1.63. The van der Waals surface area contributed by atoms with Crippen molar-refractivity contribution in [2.45, 2.75) is 18.9 Å². The van der Waals surface area contributed by atoms with E-state index in [0.29, 0.717) is 37.6 Å². The highest BCUT2D eigenvalue weighted by atomic mass is 16.6. The predicted molar refractivity (Wildman–Crippen MR) is 81.0 cm³/mol. The molecule has 0 bridgehead atoms. The summed E-state index contributed by atoms with van der Waals surface area (Å²) in [6.07, 6.45) is 0.706. The average molecular weight is 305 g/mol. The molecule has 7 heteroatoms. The van der Waals surface area contributed by atoms with E-state index in [2.05, 4.69) is 5.32 Å². The maximum atomic E-state index is 12.2. The summed E-state index contributed by atoms with van der Waals surface area (Å²) in [6.45, 7) is 1.88. The molecule has 1 atom stereocenters. The number of aliphatic hydroxyl groups excluding tert-OH is 1. The number of rotatable bonds is 2. The van der Waals surface area contributed by atoms with E-state index in [1.807, 2.05) is 0 Å². The van der Waals surface area contributed by atoms with Crippen molar-refractivity contribution in [2.24, 2.45) is 0 Å². The number of anilines is 2. The molecule has 0 aromatic heterocycles. The quantitative estimate of drug-likeness (QED) is 0.870. The molecule has 2 N–H and O–H groups in total. The minimum atomic E-state index is -0.454. The highest BCUT2D eigenvalue weighted by Crippen LogP contribution is 2.23. The molecule has 118 valence electrons. The molecular formula is C15H19N3O4. The zero-order valence-electron chi connectivity index (χ0n) is 12.2. The minimum Gasteiger partial charge on any atom is -0.447 e. The van der Waals surface area contributed by atoms with Crippen LogP contribution in [0.5, 0.6) is 0 Å². The van der Waals surface area contributed by atoms with Crippen molar-refractivity contribution < 1.29 is 19.4 Å². The molecule has 2 saturated heterocycles. The van der Waals surface area contributed by atoms with Crippen molar-refractivity contribution in [3.05, 3.63) is 24.3 Å². The zero-order chi connectivity index (χ0) is 15.5. The van der Waals surface area contributed by atoms with E-state index in [-0.39, 0.29) is 12.1 Å². The molecule has 2 heterocycles. The van der Waals surface area contributed by atoms with Crippen LogP contribution < -0.4 is 10.2 Å². The highest BCUT2D eigenvalue weighted by Gasteiger charge is 2.25. The number of likely N-dealkylation sites (tertiary alicyclic amines) is 1. The molecule has 2 aliphatic rings. The number of hydrogen-bond acceptors (Lipinski definition) is 4. The topological polar surface area (TPSA) is 82.1 Å². The molecule has 1 aromatic carbocycles. The number of carbonyl (C=O) groups is 2. The lowest BCUT2D eigenvalue weighted by Crippen LogP contribution is -2.44. The van der Waals surface area contributed by atoms with Crippen molar-refractivity contribution in [1.82, 2.24) is 4.90 Å². The first-order valence-corrected chi connectivity index (χ1v) is 7.42. The molecule has 0 spiro atoms. The third-order valence-electron chi connectivity index (χ3n) is 3.85. The van der Waals surface area contributed by atoms with Gasteiger partial charge in [0, 0.05) is 24.5 Å². The summed E-state index contributed by atoms with van der Waals surface area (Å²) in [4.78, 5) is 26.9. The number of cyclic esters (lactones) is 1. The van der Waals surface area contributed by atoms with Crippen molar-refractivity contribution in [2.75, 3.05) is 36.5 Å². The number of benzene rings is 1. The summed E-state index contributed by atoms with van der Waals surface area (Å²) >= 11 is 0. The molecule has 3 amide bonds. The number of urea groups is 1. The van der Waals surface area contributed by atoms with Crippen LogP contribution in [0, 0.1) is 0 Å². The third kappa shape index (κ3) is 3.14. The second kappa shape index (κ2) is 6.23. The molecular weight excluding hydrogens is 286 g/mol. The molecule has 2 aliphatic heterocycles. The van der Waals surface area contributed by atoms with Gasteiger partial charge in [0.2, 0.25) is 0 Å². The maximum absolute atomic E-state index is 12.2. The molecule has 0 aliphatic carbocycles. The molecule has 0 saturated carbocycles. The van der Waals surface area contributed by atoms with Crippen LogP contribution >= 0.6 is 0 Å². The summed E-state index contributed by atoms with van der Waals surface area (Å²) in [5.41, 5.74) is 1.31. The Balaban J connectivity index is 1.67. The van der Waals surface area contributed by atoms with Gasteiger partial charge in [0.15, 0.2) is 0 Å². The van der Waals surface area contributed by atoms with Crippen LogP contribution in [0.1, 0.15) is 12.8 Å². The Morgan fingerprint density at radius 3 is 2.95 bits per heavy atom. The van der Waals surface area contributed by atoms with Crippen LogP contribution in [0.4, 0.5) is 21.0 Å². The van der Waals surface area contributed by atoms with Gasteiger partial charge in [-0.3, -0.25) is 4.90 Å². The number of piperidine rings is 1. The first-order chi connectivity index (χ1) is 10.6. The fourth-order valence-electron chi connectivity index (χ4n) is 2.72.